The summed E-state index contributed by atoms with van der Waals surface area (Å²) in [6.45, 7) is 12.5. The molecule has 0 aromatic heterocycles. The van der Waals surface area contributed by atoms with Gasteiger partial charge < -0.3 is 15.1 Å². The van der Waals surface area contributed by atoms with E-state index in [2.05, 4.69) is 60.2 Å². The monoisotopic (exact) mass is 608 g/mol. The van der Waals surface area contributed by atoms with Gasteiger partial charge >= 0.3 is 6.18 Å². The standard InChI is InChI=1S/C31H43F3N4O3S/c1-30(2,3)23-7-10-26(11-8-23)37-20-18-36(19-21-37)15-5-6-29(39)38-16-13-24(14-17-38)35-25-9-12-28(42(4,40)41)27(22-25)31(32,33)34/h7-12,22,24,35H,5-6,13-21H2,1-4H3. The van der Waals surface area contributed by atoms with Crippen LogP contribution in [0.1, 0.15) is 57.6 Å². The first-order valence-electron chi connectivity index (χ1n) is 14.6. The number of rotatable bonds is 8. The van der Waals surface area contributed by atoms with Crippen LogP contribution in [-0.4, -0.2) is 82.2 Å². The number of nitrogens with one attached hydrogen (secondary N) is 1. The van der Waals surface area contributed by atoms with Crippen molar-refractivity contribution in [3.63, 3.8) is 0 Å². The highest BCUT2D eigenvalue weighted by molar-refractivity contribution is 7.90. The molecule has 2 aliphatic heterocycles. The number of hydrogen-bond acceptors (Lipinski definition) is 6. The maximum absolute atomic E-state index is 13.5. The van der Waals surface area contributed by atoms with Crippen LogP contribution < -0.4 is 10.2 Å². The van der Waals surface area contributed by atoms with E-state index in [1.54, 1.807) is 0 Å². The van der Waals surface area contributed by atoms with Crippen LogP contribution in [0.5, 0.6) is 0 Å². The first kappa shape index (κ1) is 32.1. The molecule has 232 valence electrons. The Morgan fingerprint density at radius 2 is 1.55 bits per heavy atom. The summed E-state index contributed by atoms with van der Waals surface area (Å²) in [6, 6.07) is 12.0. The molecule has 11 heteroatoms. The van der Waals surface area contributed by atoms with Gasteiger partial charge in [0, 0.05) is 69.4 Å². The summed E-state index contributed by atoms with van der Waals surface area (Å²) >= 11 is 0. The molecule has 0 aliphatic carbocycles. The van der Waals surface area contributed by atoms with Crippen LogP contribution in [0, 0.1) is 0 Å². The van der Waals surface area contributed by atoms with Crippen LogP contribution in [0.15, 0.2) is 47.4 Å². The highest BCUT2D eigenvalue weighted by Crippen LogP contribution is 2.36. The zero-order valence-corrected chi connectivity index (χ0v) is 25.8. The normalized spacial score (nSPS) is 17.9. The Morgan fingerprint density at radius 1 is 0.929 bits per heavy atom. The number of piperazine rings is 1. The van der Waals surface area contributed by atoms with Crippen molar-refractivity contribution in [2.75, 3.05) is 62.3 Å². The van der Waals surface area contributed by atoms with Gasteiger partial charge in [0.1, 0.15) is 0 Å². The number of halogens is 3. The molecule has 2 heterocycles. The highest BCUT2D eigenvalue weighted by atomic mass is 32.2. The SMILES string of the molecule is CC(C)(C)c1ccc(N2CCN(CCCC(=O)N3CCC(Nc4ccc(S(C)(=O)=O)c(C(F)(F)F)c4)CC3)CC2)cc1. The van der Waals surface area contributed by atoms with E-state index in [-0.39, 0.29) is 23.1 Å². The lowest BCUT2D eigenvalue weighted by atomic mass is 9.87. The van der Waals surface area contributed by atoms with Gasteiger partial charge in [0.15, 0.2) is 9.84 Å². The topological polar surface area (TPSA) is 73.0 Å². The van der Waals surface area contributed by atoms with E-state index in [0.29, 0.717) is 32.4 Å². The summed E-state index contributed by atoms with van der Waals surface area (Å²) in [5.74, 6) is 0.114. The van der Waals surface area contributed by atoms with E-state index in [1.807, 2.05) is 4.90 Å². The minimum Gasteiger partial charge on any atom is -0.382 e. The molecule has 0 bridgehead atoms. The van der Waals surface area contributed by atoms with Crippen LogP contribution in [0.3, 0.4) is 0 Å². The summed E-state index contributed by atoms with van der Waals surface area (Å²) in [5, 5.41) is 3.10. The van der Waals surface area contributed by atoms with Crippen LogP contribution in [0.4, 0.5) is 24.5 Å². The summed E-state index contributed by atoms with van der Waals surface area (Å²) in [5.41, 5.74) is 1.78. The third-order valence-electron chi connectivity index (χ3n) is 8.24. The van der Waals surface area contributed by atoms with E-state index < -0.39 is 26.5 Å². The van der Waals surface area contributed by atoms with Gasteiger partial charge in [-0.3, -0.25) is 9.69 Å². The molecular formula is C31H43F3N4O3S. The zero-order chi connectivity index (χ0) is 30.7. The molecule has 0 radical (unpaired) electrons. The highest BCUT2D eigenvalue weighted by Gasteiger charge is 2.36. The maximum atomic E-state index is 13.5. The van der Waals surface area contributed by atoms with Crippen LogP contribution in [-0.2, 0) is 26.2 Å². The number of nitrogens with zero attached hydrogens (tertiary/aromatic N) is 3. The first-order chi connectivity index (χ1) is 19.6. The number of benzene rings is 2. The summed E-state index contributed by atoms with van der Waals surface area (Å²) in [7, 11) is -4.02. The quantitative estimate of drug-likeness (QED) is 0.432. The van der Waals surface area contributed by atoms with Crippen molar-refractivity contribution < 1.29 is 26.4 Å². The van der Waals surface area contributed by atoms with Crippen molar-refractivity contribution in [2.24, 2.45) is 0 Å². The molecule has 0 saturated carbocycles. The van der Waals surface area contributed by atoms with Gasteiger partial charge in [0.2, 0.25) is 5.91 Å². The fourth-order valence-corrected chi connectivity index (χ4v) is 6.58. The Balaban J connectivity index is 1.17. The minimum atomic E-state index is -4.78. The number of carbonyl (C=O) groups excluding carboxylic acids is 1. The largest absolute Gasteiger partial charge is 0.417 e. The van der Waals surface area contributed by atoms with Crippen molar-refractivity contribution in [1.29, 1.82) is 0 Å². The van der Waals surface area contributed by atoms with E-state index >= 15 is 0 Å². The Bertz CT molecular complexity index is 1320. The van der Waals surface area contributed by atoms with Crippen molar-refractivity contribution in [1.82, 2.24) is 9.80 Å². The Hall–Kier alpha value is -2.79. The van der Waals surface area contributed by atoms with Crippen LogP contribution in [0.25, 0.3) is 0 Å². The second-order valence-corrected chi connectivity index (χ2v) is 14.5. The molecule has 2 fully saturated rings. The zero-order valence-electron chi connectivity index (χ0n) is 25.0. The van der Waals surface area contributed by atoms with E-state index in [9.17, 15) is 26.4 Å². The number of anilines is 2. The van der Waals surface area contributed by atoms with Gasteiger partial charge in [0.25, 0.3) is 0 Å². The smallest absolute Gasteiger partial charge is 0.382 e. The van der Waals surface area contributed by atoms with Gasteiger partial charge in [0.05, 0.1) is 10.5 Å². The molecule has 2 aromatic rings. The predicted octanol–water partition coefficient (Wildman–Crippen LogP) is 5.41. The lowest BCUT2D eigenvalue weighted by Crippen LogP contribution is -2.47. The Kier molecular flexibility index (Phi) is 9.82. The first-order valence-corrected chi connectivity index (χ1v) is 16.5. The average Bonchev–Trinajstić information content (AvgIpc) is 2.92. The average molecular weight is 609 g/mol. The van der Waals surface area contributed by atoms with Crippen molar-refractivity contribution in [3.05, 3.63) is 53.6 Å². The van der Waals surface area contributed by atoms with Gasteiger partial charge in [-0.05, 0) is 67.1 Å². The molecule has 42 heavy (non-hydrogen) atoms. The molecular weight excluding hydrogens is 565 g/mol. The Morgan fingerprint density at radius 3 is 2.10 bits per heavy atom. The maximum Gasteiger partial charge on any atom is 0.417 e. The van der Waals surface area contributed by atoms with Crippen molar-refractivity contribution in [3.8, 4) is 0 Å². The number of sulfone groups is 1. The molecule has 2 saturated heterocycles. The van der Waals surface area contributed by atoms with Gasteiger partial charge in [-0.2, -0.15) is 13.2 Å². The van der Waals surface area contributed by atoms with Gasteiger partial charge in [-0.15, -0.1) is 0 Å². The van der Waals surface area contributed by atoms with Crippen LogP contribution >= 0.6 is 0 Å². The molecule has 4 rings (SSSR count). The molecule has 7 nitrogen and oxygen atoms in total. The van der Waals surface area contributed by atoms with E-state index in [0.717, 1.165) is 57.5 Å². The molecule has 1 amide bonds. The number of alkyl halides is 3. The number of carbonyl (C=O) groups is 1. The molecule has 2 aromatic carbocycles. The number of hydrogen-bond donors (Lipinski definition) is 1. The summed E-state index contributed by atoms with van der Waals surface area (Å²) in [4.78, 5) is 18.8. The summed E-state index contributed by atoms with van der Waals surface area (Å²) < 4.78 is 64.1. The van der Waals surface area contributed by atoms with Gasteiger partial charge in [-0.25, -0.2) is 8.42 Å². The predicted molar refractivity (Wildman–Crippen MR) is 161 cm³/mol. The third kappa shape index (κ3) is 8.40. The van der Waals surface area contributed by atoms with Crippen LogP contribution in [0.2, 0.25) is 0 Å². The number of likely N-dealkylation sites (tertiary alicyclic amines) is 1. The van der Waals surface area contributed by atoms with Crippen molar-refractivity contribution >= 4 is 27.1 Å². The molecule has 2 aliphatic rings. The number of piperidine rings is 1. The fraction of sp³-hybridized carbons (Fsp3) is 0.581. The molecule has 1 N–H and O–H groups in total. The Labute approximate surface area is 248 Å². The van der Waals surface area contributed by atoms with E-state index in [1.165, 1.54) is 17.3 Å². The lowest BCUT2D eigenvalue weighted by molar-refractivity contribution is -0.139. The van der Waals surface area contributed by atoms with Crippen molar-refractivity contribution in [2.45, 2.75) is 69.0 Å². The lowest BCUT2D eigenvalue weighted by Gasteiger charge is -2.36. The van der Waals surface area contributed by atoms with Gasteiger partial charge in [-0.1, -0.05) is 32.9 Å². The number of amides is 1. The molecule has 0 unspecified atom stereocenters. The molecule has 0 atom stereocenters. The molecule has 0 spiro atoms. The minimum absolute atomic E-state index is 0.0971. The third-order valence-corrected chi connectivity index (χ3v) is 9.39. The second kappa shape index (κ2) is 12.8. The summed E-state index contributed by atoms with van der Waals surface area (Å²) in [6.07, 6.45) is -1.51. The fourth-order valence-electron chi connectivity index (χ4n) is 5.69. The van der Waals surface area contributed by atoms with E-state index in [4.69, 9.17) is 0 Å². The second-order valence-electron chi connectivity index (χ2n) is 12.5.